The molecule has 23 heavy (non-hydrogen) atoms. The molecule has 1 aromatic rings. The van der Waals surface area contributed by atoms with E-state index in [4.69, 9.17) is 4.74 Å². The summed E-state index contributed by atoms with van der Waals surface area (Å²) in [6.45, 7) is 2.45. The van der Waals surface area contributed by atoms with Crippen LogP contribution >= 0.6 is 11.8 Å². The van der Waals surface area contributed by atoms with Gasteiger partial charge < -0.3 is 9.64 Å². The molecule has 2 aliphatic heterocycles. The van der Waals surface area contributed by atoms with Crippen LogP contribution in [0.1, 0.15) is 6.92 Å². The first-order chi connectivity index (χ1) is 11.0. The largest absolute Gasteiger partial charge is 0.484 e. The summed E-state index contributed by atoms with van der Waals surface area (Å²) in [5, 5.41) is 0.584. The van der Waals surface area contributed by atoms with Gasteiger partial charge in [0.05, 0.1) is 17.5 Å². The molecule has 124 valence electrons. The van der Waals surface area contributed by atoms with E-state index >= 15 is 0 Å². The molecular formula is C15H18N2O4S2. The fourth-order valence-corrected chi connectivity index (χ4v) is 6.84. The van der Waals surface area contributed by atoms with Crippen LogP contribution in [-0.4, -0.2) is 60.3 Å². The van der Waals surface area contributed by atoms with Crippen molar-refractivity contribution in [2.24, 2.45) is 4.99 Å². The third-order valence-electron chi connectivity index (χ3n) is 3.84. The molecule has 0 N–H and O–H groups in total. The maximum absolute atomic E-state index is 12.0. The van der Waals surface area contributed by atoms with Crippen molar-refractivity contribution in [3.63, 3.8) is 0 Å². The molecule has 1 amide bonds. The quantitative estimate of drug-likeness (QED) is 0.808. The Hall–Kier alpha value is -1.54. The Labute approximate surface area is 139 Å². The van der Waals surface area contributed by atoms with Gasteiger partial charge in [0.1, 0.15) is 5.75 Å². The van der Waals surface area contributed by atoms with Crippen LogP contribution in [0.15, 0.2) is 35.3 Å². The van der Waals surface area contributed by atoms with Gasteiger partial charge in [-0.3, -0.25) is 4.79 Å². The van der Waals surface area contributed by atoms with E-state index in [9.17, 15) is 13.2 Å². The molecule has 3 rings (SSSR count). The number of amidine groups is 1. The second-order valence-corrected chi connectivity index (χ2v) is 8.84. The van der Waals surface area contributed by atoms with Crippen LogP contribution in [0.3, 0.4) is 0 Å². The average Bonchev–Trinajstić information content (AvgIpc) is 2.97. The molecule has 0 aromatic heterocycles. The smallest absolute Gasteiger partial charge is 0.285 e. The lowest BCUT2D eigenvalue weighted by molar-refractivity contribution is -0.119. The van der Waals surface area contributed by atoms with Crippen LogP contribution < -0.4 is 4.74 Å². The Kier molecular flexibility index (Phi) is 4.63. The first-order valence-electron chi connectivity index (χ1n) is 7.41. The lowest BCUT2D eigenvalue weighted by atomic mass is 10.2. The third-order valence-corrected chi connectivity index (χ3v) is 7.09. The first-order valence-corrected chi connectivity index (χ1v) is 10.1. The minimum atomic E-state index is -2.97. The summed E-state index contributed by atoms with van der Waals surface area (Å²) >= 11 is 1.39. The maximum atomic E-state index is 12.0. The van der Waals surface area contributed by atoms with Crippen LogP contribution in [0, 0.1) is 0 Å². The van der Waals surface area contributed by atoms with Crippen molar-refractivity contribution in [2.75, 3.05) is 24.7 Å². The molecule has 0 radical (unpaired) electrons. The van der Waals surface area contributed by atoms with Crippen molar-refractivity contribution in [3.8, 4) is 5.75 Å². The summed E-state index contributed by atoms with van der Waals surface area (Å²) in [5.41, 5.74) is 0. The summed E-state index contributed by atoms with van der Waals surface area (Å²) in [6.07, 6.45) is 0. The number of carbonyl (C=O) groups is 1. The van der Waals surface area contributed by atoms with E-state index in [1.165, 1.54) is 11.8 Å². The Balaban J connectivity index is 1.64. The van der Waals surface area contributed by atoms with Crippen LogP contribution in [0.25, 0.3) is 0 Å². The Morgan fingerprint density at radius 3 is 2.78 bits per heavy atom. The lowest BCUT2D eigenvalue weighted by Crippen LogP contribution is -2.37. The van der Waals surface area contributed by atoms with E-state index < -0.39 is 9.84 Å². The van der Waals surface area contributed by atoms with E-state index in [-0.39, 0.29) is 35.3 Å². The van der Waals surface area contributed by atoms with Gasteiger partial charge in [0, 0.05) is 11.8 Å². The van der Waals surface area contributed by atoms with E-state index in [0.717, 1.165) is 0 Å². The predicted octanol–water partition coefficient (Wildman–Crippen LogP) is 1.18. The highest BCUT2D eigenvalue weighted by molar-refractivity contribution is 8.15. The number of rotatable bonds is 4. The highest BCUT2D eigenvalue weighted by Crippen LogP contribution is 2.37. The number of hydrogen-bond donors (Lipinski definition) is 0. The Morgan fingerprint density at radius 1 is 1.35 bits per heavy atom. The van der Waals surface area contributed by atoms with Gasteiger partial charge >= 0.3 is 0 Å². The Morgan fingerprint density at radius 2 is 2.09 bits per heavy atom. The number of benzene rings is 1. The van der Waals surface area contributed by atoms with Crippen molar-refractivity contribution in [1.29, 1.82) is 0 Å². The van der Waals surface area contributed by atoms with E-state index in [1.54, 1.807) is 12.1 Å². The molecule has 0 bridgehead atoms. The minimum Gasteiger partial charge on any atom is -0.484 e. The second kappa shape index (κ2) is 6.52. The van der Waals surface area contributed by atoms with Gasteiger partial charge in [-0.1, -0.05) is 30.0 Å². The number of fused-ring (bicyclic) bond motifs is 1. The summed E-state index contributed by atoms with van der Waals surface area (Å²) in [7, 11) is -2.97. The van der Waals surface area contributed by atoms with E-state index in [2.05, 4.69) is 4.99 Å². The van der Waals surface area contributed by atoms with Gasteiger partial charge in [-0.15, -0.1) is 0 Å². The molecule has 8 heteroatoms. The van der Waals surface area contributed by atoms with Crippen molar-refractivity contribution in [3.05, 3.63) is 30.3 Å². The van der Waals surface area contributed by atoms with Crippen molar-refractivity contribution in [2.45, 2.75) is 18.2 Å². The zero-order chi connectivity index (χ0) is 16.4. The van der Waals surface area contributed by atoms with Gasteiger partial charge in [0.25, 0.3) is 5.91 Å². The van der Waals surface area contributed by atoms with E-state index in [1.807, 2.05) is 30.0 Å². The van der Waals surface area contributed by atoms with Crippen LogP contribution in [0.5, 0.6) is 5.75 Å². The number of carbonyl (C=O) groups excluding carboxylic acids is 1. The summed E-state index contributed by atoms with van der Waals surface area (Å²) in [6, 6.07) is 9.02. The van der Waals surface area contributed by atoms with Gasteiger partial charge in [-0.2, -0.15) is 4.99 Å². The van der Waals surface area contributed by atoms with Crippen molar-refractivity contribution < 1.29 is 17.9 Å². The molecule has 1 aromatic carbocycles. The highest BCUT2D eigenvalue weighted by Gasteiger charge is 2.48. The standard InChI is InChI=1S/C15H18N2O4S2/c1-2-17-12-9-23(19,20)10-13(12)22-15(17)16-14(18)8-21-11-6-4-3-5-7-11/h3-7,12-13H,2,8-10H2,1H3/t12-,13+/m0/s1. The fraction of sp³-hybridized carbons (Fsp3) is 0.467. The monoisotopic (exact) mass is 354 g/mol. The molecule has 2 fully saturated rings. The zero-order valence-electron chi connectivity index (χ0n) is 12.7. The molecule has 2 saturated heterocycles. The molecule has 6 nitrogen and oxygen atoms in total. The van der Waals surface area contributed by atoms with E-state index in [0.29, 0.717) is 17.5 Å². The van der Waals surface area contributed by atoms with Crippen LogP contribution in [0.2, 0.25) is 0 Å². The second-order valence-electron chi connectivity index (χ2n) is 5.48. The molecule has 0 unspecified atom stereocenters. The SMILES string of the molecule is CCN1C(=NC(=O)COc2ccccc2)S[C@@H]2CS(=O)(=O)C[C@@H]21. The lowest BCUT2D eigenvalue weighted by Gasteiger charge is -2.22. The number of para-hydroxylation sites is 1. The predicted molar refractivity (Wildman–Crippen MR) is 90.6 cm³/mol. The zero-order valence-corrected chi connectivity index (χ0v) is 14.3. The summed E-state index contributed by atoms with van der Waals surface area (Å²) in [5.74, 6) is 0.562. The van der Waals surface area contributed by atoms with Gasteiger partial charge in [0.15, 0.2) is 21.6 Å². The average molecular weight is 354 g/mol. The molecule has 2 aliphatic rings. The molecule has 0 aliphatic carbocycles. The Bertz CT molecular complexity index is 718. The molecular weight excluding hydrogens is 336 g/mol. The molecule has 2 heterocycles. The minimum absolute atomic E-state index is 0.0264. The summed E-state index contributed by atoms with van der Waals surface area (Å²) in [4.78, 5) is 18.0. The van der Waals surface area contributed by atoms with Crippen LogP contribution in [-0.2, 0) is 14.6 Å². The number of thioether (sulfide) groups is 1. The van der Waals surface area contributed by atoms with Gasteiger partial charge in [0.2, 0.25) is 0 Å². The number of nitrogens with zero attached hydrogens (tertiary/aromatic N) is 2. The number of ether oxygens (including phenoxy) is 1. The molecule has 0 saturated carbocycles. The van der Waals surface area contributed by atoms with Gasteiger partial charge in [-0.25, -0.2) is 8.42 Å². The van der Waals surface area contributed by atoms with Gasteiger partial charge in [-0.05, 0) is 19.1 Å². The normalized spacial score (nSPS) is 27.2. The third kappa shape index (κ3) is 3.69. The molecule has 2 atom stereocenters. The molecule has 0 spiro atoms. The number of hydrogen-bond acceptors (Lipinski definition) is 5. The maximum Gasteiger partial charge on any atom is 0.285 e. The highest BCUT2D eigenvalue weighted by atomic mass is 32.2. The number of amides is 1. The topological polar surface area (TPSA) is 76.0 Å². The summed E-state index contributed by atoms with van der Waals surface area (Å²) < 4.78 is 28.8. The number of aliphatic imine (C=N–C) groups is 1. The fourth-order valence-electron chi connectivity index (χ4n) is 2.81. The van der Waals surface area contributed by atoms with Crippen LogP contribution in [0.4, 0.5) is 0 Å². The first kappa shape index (κ1) is 16.3. The van der Waals surface area contributed by atoms with Crippen molar-refractivity contribution >= 4 is 32.7 Å². The number of sulfone groups is 1. The van der Waals surface area contributed by atoms with Crippen molar-refractivity contribution in [1.82, 2.24) is 4.90 Å².